The standard InChI is InChI=1S/C12H13N5O2S/c18-17(19)10-3-1-2-9(8-10)11-14-12(20-15-11)16-6-4-13-5-7-16/h1-3,8,13H,4-7H2. The summed E-state index contributed by atoms with van der Waals surface area (Å²) >= 11 is 1.33. The van der Waals surface area contributed by atoms with E-state index in [9.17, 15) is 10.1 Å². The Morgan fingerprint density at radius 2 is 2.15 bits per heavy atom. The molecule has 0 bridgehead atoms. The zero-order valence-electron chi connectivity index (χ0n) is 10.7. The molecule has 2 heterocycles. The Morgan fingerprint density at radius 3 is 2.90 bits per heavy atom. The molecule has 1 aromatic carbocycles. The number of hydrogen-bond donors (Lipinski definition) is 1. The minimum absolute atomic E-state index is 0.0565. The molecule has 0 amide bonds. The SMILES string of the molecule is O=[N+]([O-])c1cccc(-c2nsc(N3CCNCC3)n2)c1. The van der Waals surface area contributed by atoms with Crippen LogP contribution >= 0.6 is 11.5 Å². The molecular formula is C12H13N5O2S. The summed E-state index contributed by atoms with van der Waals surface area (Å²) in [4.78, 5) is 17.0. The maximum atomic E-state index is 10.8. The van der Waals surface area contributed by atoms with Crippen molar-refractivity contribution in [3.05, 3.63) is 34.4 Å². The van der Waals surface area contributed by atoms with E-state index in [1.807, 2.05) is 0 Å². The van der Waals surface area contributed by atoms with Gasteiger partial charge in [-0.15, -0.1) is 0 Å². The summed E-state index contributed by atoms with van der Waals surface area (Å²) in [5.74, 6) is 0.548. The molecule has 3 rings (SSSR count). The number of rotatable bonds is 3. The molecule has 0 radical (unpaired) electrons. The highest BCUT2D eigenvalue weighted by molar-refractivity contribution is 7.09. The molecule has 1 aromatic heterocycles. The Labute approximate surface area is 119 Å². The molecule has 2 aromatic rings. The average molecular weight is 291 g/mol. The van der Waals surface area contributed by atoms with Gasteiger partial charge < -0.3 is 10.2 Å². The molecule has 1 aliphatic rings. The maximum Gasteiger partial charge on any atom is 0.270 e. The lowest BCUT2D eigenvalue weighted by atomic mass is 10.2. The predicted octanol–water partition coefficient (Wildman–Crippen LogP) is 1.52. The number of non-ortho nitro benzene ring substituents is 1. The first-order valence-electron chi connectivity index (χ1n) is 6.28. The van der Waals surface area contributed by atoms with E-state index in [-0.39, 0.29) is 5.69 Å². The van der Waals surface area contributed by atoms with E-state index in [2.05, 4.69) is 19.6 Å². The van der Waals surface area contributed by atoms with Crippen molar-refractivity contribution >= 4 is 22.4 Å². The van der Waals surface area contributed by atoms with Crippen LogP contribution in [-0.4, -0.2) is 40.5 Å². The van der Waals surface area contributed by atoms with Crippen LogP contribution in [0, 0.1) is 10.1 Å². The van der Waals surface area contributed by atoms with E-state index in [0.717, 1.165) is 31.3 Å². The van der Waals surface area contributed by atoms with Crippen LogP contribution in [0.5, 0.6) is 0 Å². The molecule has 1 fully saturated rings. The maximum absolute atomic E-state index is 10.8. The number of nitrogens with one attached hydrogen (secondary N) is 1. The number of nitro groups is 1. The first-order chi connectivity index (χ1) is 9.74. The van der Waals surface area contributed by atoms with Crippen LogP contribution in [0.2, 0.25) is 0 Å². The fourth-order valence-electron chi connectivity index (χ4n) is 2.08. The Morgan fingerprint density at radius 1 is 1.35 bits per heavy atom. The van der Waals surface area contributed by atoms with Crippen LogP contribution in [0.25, 0.3) is 11.4 Å². The van der Waals surface area contributed by atoms with Crippen LogP contribution in [0.3, 0.4) is 0 Å². The monoisotopic (exact) mass is 291 g/mol. The van der Waals surface area contributed by atoms with Crippen molar-refractivity contribution in [1.29, 1.82) is 0 Å². The molecule has 20 heavy (non-hydrogen) atoms. The Hall–Kier alpha value is -2.06. The lowest BCUT2D eigenvalue weighted by molar-refractivity contribution is -0.384. The third-order valence-electron chi connectivity index (χ3n) is 3.12. The fourth-order valence-corrected chi connectivity index (χ4v) is 2.82. The summed E-state index contributed by atoms with van der Waals surface area (Å²) < 4.78 is 4.31. The smallest absolute Gasteiger partial charge is 0.270 e. The summed E-state index contributed by atoms with van der Waals surface area (Å²) in [5, 5.41) is 14.9. The molecule has 0 aliphatic carbocycles. The summed E-state index contributed by atoms with van der Waals surface area (Å²) in [6, 6.07) is 6.41. The lowest BCUT2D eigenvalue weighted by Crippen LogP contribution is -2.43. The van der Waals surface area contributed by atoms with Crippen molar-refractivity contribution in [2.45, 2.75) is 0 Å². The Bertz CT molecular complexity index is 624. The lowest BCUT2D eigenvalue weighted by Gasteiger charge is -2.26. The second-order valence-electron chi connectivity index (χ2n) is 4.45. The second-order valence-corrected chi connectivity index (χ2v) is 5.18. The number of hydrogen-bond acceptors (Lipinski definition) is 7. The molecule has 0 saturated carbocycles. The largest absolute Gasteiger partial charge is 0.344 e. The van der Waals surface area contributed by atoms with Crippen molar-refractivity contribution in [3.8, 4) is 11.4 Å². The van der Waals surface area contributed by atoms with Crippen molar-refractivity contribution in [2.24, 2.45) is 0 Å². The number of aromatic nitrogens is 2. The molecule has 1 N–H and O–H groups in total. The van der Waals surface area contributed by atoms with Gasteiger partial charge in [-0.3, -0.25) is 10.1 Å². The molecule has 0 atom stereocenters. The van der Waals surface area contributed by atoms with E-state index in [0.29, 0.717) is 11.4 Å². The van der Waals surface area contributed by atoms with Gasteiger partial charge >= 0.3 is 0 Å². The minimum Gasteiger partial charge on any atom is -0.344 e. The van der Waals surface area contributed by atoms with Crippen LogP contribution in [0.1, 0.15) is 0 Å². The third-order valence-corrected chi connectivity index (χ3v) is 3.90. The normalized spacial score (nSPS) is 15.3. The quantitative estimate of drug-likeness (QED) is 0.682. The van der Waals surface area contributed by atoms with Crippen LogP contribution in [0.15, 0.2) is 24.3 Å². The van der Waals surface area contributed by atoms with Crippen molar-refractivity contribution < 1.29 is 4.92 Å². The van der Waals surface area contributed by atoms with Crippen LogP contribution in [0.4, 0.5) is 10.8 Å². The van der Waals surface area contributed by atoms with E-state index in [1.165, 1.54) is 23.7 Å². The van der Waals surface area contributed by atoms with E-state index in [1.54, 1.807) is 12.1 Å². The van der Waals surface area contributed by atoms with Crippen LogP contribution < -0.4 is 10.2 Å². The van der Waals surface area contributed by atoms with Crippen molar-refractivity contribution in [2.75, 3.05) is 31.1 Å². The average Bonchev–Trinajstić information content (AvgIpc) is 2.98. The van der Waals surface area contributed by atoms with Gasteiger partial charge in [-0.1, -0.05) is 12.1 Å². The highest BCUT2D eigenvalue weighted by Crippen LogP contribution is 2.26. The first-order valence-corrected chi connectivity index (χ1v) is 7.05. The highest BCUT2D eigenvalue weighted by Gasteiger charge is 2.16. The minimum atomic E-state index is -0.410. The van der Waals surface area contributed by atoms with Gasteiger partial charge in [-0.2, -0.15) is 9.36 Å². The van der Waals surface area contributed by atoms with Gasteiger partial charge in [-0.25, -0.2) is 0 Å². The van der Waals surface area contributed by atoms with Crippen LogP contribution in [-0.2, 0) is 0 Å². The molecule has 0 unspecified atom stereocenters. The van der Waals surface area contributed by atoms with E-state index < -0.39 is 4.92 Å². The zero-order chi connectivity index (χ0) is 13.9. The Kier molecular flexibility index (Phi) is 3.57. The molecule has 104 valence electrons. The van der Waals surface area contributed by atoms with Gasteiger partial charge in [0.1, 0.15) is 0 Å². The number of nitrogens with zero attached hydrogens (tertiary/aromatic N) is 4. The van der Waals surface area contributed by atoms with Crippen molar-refractivity contribution in [1.82, 2.24) is 14.7 Å². The Balaban J connectivity index is 1.85. The van der Waals surface area contributed by atoms with Gasteiger partial charge in [-0.05, 0) is 0 Å². The molecule has 7 nitrogen and oxygen atoms in total. The third kappa shape index (κ3) is 2.61. The summed E-state index contributed by atoms with van der Waals surface area (Å²) in [5.41, 5.74) is 0.734. The number of piperazine rings is 1. The second kappa shape index (κ2) is 5.51. The molecule has 1 saturated heterocycles. The molecule has 0 spiro atoms. The zero-order valence-corrected chi connectivity index (χ0v) is 11.5. The van der Waals surface area contributed by atoms with E-state index >= 15 is 0 Å². The fraction of sp³-hybridized carbons (Fsp3) is 0.333. The topological polar surface area (TPSA) is 84.2 Å². The summed E-state index contributed by atoms with van der Waals surface area (Å²) in [7, 11) is 0. The predicted molar refractivity (Wildman–Crippen MR) is 77.1 cm³/mol. The van der Waals surface area contributed by atoms with Gasteiger partial charge in [0.05, 0.1) is 4.92 Å². The summed E-state index contributed by atoms with van der Waals surface area (Å²) in [6.45, 7) is 3.69. The molecule has 8 heteroatoms. The number of anilines is 1. The molecular weight excluding hydrogens is 278 g/mol. The number of nitro benzene ring substituents is 1. The molecule has 1 aliphatic heterocycles. The van der Waals surface area contributed by atoms with Crippen molar-refractivity contribution in [3.63, 3.8) is 0 Å². The van der Waals surface area contributed by atoms with Gasteiger partial charge in [0.2, 0.25) is 5.13 Å². The van der Waals surface area contributed by atoms with Gasteiger partial charge in [0.15, 0.2) is 5.82 Å². The first kappa shape index (κ1) is 12.9. The number of benzene rings is 1. The van der Waals surface area contributed by atoms with E-state index in [4.69, 9.17) is 0 Å². The van der Waals surface area contributed by atoms with Gasteiger partial charge in [0.25, 0.3) is 5.69 Å². The van der Waals surface area contributed by atoms with Gasteiger partial charge in [0, 0.05) is 55.4 Å². The summed E-state index contributed by atoms with van der Waals surface area (Å²) in [6.07, 6.45) is 0. The highest BCUT2D eigenvalue weighted by atomic mass is 32.1.